The van der Waals surface area contributed by atoms with Crippen LogP contribution in [0.5, 0.6) is 0 Å². The third-order valence-electron chi connectivity index (χ3n) is 5.06. The molecule has 1 aromatic rings. The van der Waals surface area contributed by atoms with Crippen molar-refractivity contribution in [2.24, 2.45) is 11.3 Å². The van der Waals surface area contributed by atoms with Crippen LogP contribution in [0.4, 0.5) is 4.79 Å². The number of aromatic amines is 1. The van der Waals surface area contributed by atoms with Crippen LogP contribution in [0, 0.1) is 11.3 Å². The molecule has 23 heavy (non-hydrogen) atoms. The van der Waals surface area contributed by atoms with Gasteiger partial charge in [-0.3, -0.25) is 9.89 Å². The van der Waals surface area contributed by atoms with E-state index in [1.54, 1.807) is 4.90 Å². The molecule has 2 amide bonds. The van der Waals surface area contributed by atoms with Crippen molar-refractivity contribution in [1.29, 1.82) is 0 Å². The van der Waals surface area contributed by atoms with E-state index in [1.165, 1.54) is 0 Å². The van der Waals surface area contributed by atoms with Crippen LogP contribution < -0.4 is 5.32 Å². The zero-order valence-electron chi connectivity index (χ0n) is 13.5. The minimum Gasteiger partial charge on any atom is -0.481 e. The first-order chi connectivity index (χ1) is 10.9. The number of carbonyl (C=O) groups excluding carboxylic acids is 1. The lowest BCUT2D eigenvalue weighted by Gasteiger charge is -2.23. The second kappa shape index (κ2) is 5.82. The summed E-state index contributed by atoms with van der Waals surface area (Å²) in [5.41, 5.74) is -0.742. The largest absolute Gasteiger partial charge is 0.481 e. The van der Waals surface area contributed by atoms with Gasteiger partial charge in [-0.05, 0) is 18.8 Å². The first-order valence-corrected chi connectivity index (χ1v) is 8.10. The molecule has 0 unspecified atom stereocenters. The van der Waals surface area contributed by atoms with Crippen molar-refractivity contribution < 1.29 is 14.7 Å². The van der Waals surface area contributed by atoms with Gasteiger partial charge in [-0.2, -0.15) is 5.10 Å². The number of amides is 2. The molecule has 2 aliphatic rings. The highest BCUT2D eigenvalue weighted by Gasteiger charge is 2.55. The summed E-state index contributed by atoms with van der Waals surface area (Å²) in [5, 5.41) is 19.3. The molecule has 2 atom stereocenters. The summed E-state index contributed by atoms with van der Waals surface area (Å²) in [5.74, 6) is 0.851. The number of hydrogen-bond donors (Lipinski definition) is 3. The second-order valence-electron chi connectivity index (χ2n) is 6.88. The highest BCUT2D eigenvalue weighted by molar-refractivity contribution is 5.80. The first kappa shape index (κ1) is 15.8. The van der Waals surface area contributed by atoms with Crippen LogP contribution in [0.2, 0.25) is 0 Å². The van der Waals surface area contributed by atoms with E-state index >= 15 is 0 Å². The monoisotopic (exact) mass is 321 g/mol. The fourth-order valence-corrected chi connectivity index (χ4v) is 3.71. The van der Waals surface area contributed by atoms with Gasteiger partial charge in [0.05, 0.1) is 12.0 Å². The van der Waals surface area contributed by atoms with Gasteiger partial charge < -0.3 is 15.3 Å². The molecule has 1 saturated carbocycles. The number of nitrogens with one attached hydrogen (secondary N) is 2. The zero-order valence-corrected chi connectivity index (χ0v) is 13.5. The summed E-state index contributed by atoms with van der Waals surface area (Å²) in [6.45, 7) is 5.08. The number of nitrogens with zero attached hydrogens (tertiary/aromatic N) is 3. The van der Waals surface area contributed by atoms with Gasteiger partial charge >= 0.3 is 12.0 Å². The van der Waals surface area contributed by atoms with Gasteiger partial charge in [-0.1, -0.05) is 20.3 Å². The average Bonchev–Trinajstić information content (AvgIpc) is 3.18. The smallest absolute Gasteiger partial charge is 0.317 e. The van der Waals surface area contributed by atoms with E-state index in [-0.39, 0.29) is 24.4 Å². The maximum absolute atomic E-state index is 12.3. The van der Waals surface area contributed by atoms with Gasteiger partial charge in [0, 0.05) is 19.0 Å². The Kier molecular flexibility index (Phi) is 3.99. The fourth-order valence-electron chi connectivity index (χ4n) is 3.71. The number of hydrogen-bond acceptors (Lipinski definition) is 4. The highest BCUT2D eigenvalue weighted by atomic mass is 16.4. The Hall–Kier alpha value is -2.12. The number of likely N-dealkylation sites (tertiary alicyclic amines) is 1. The molecule has 1 aliphatic heterocycles. The third-order valence-corrected chi connectivity index (χ3v) is 5.06. The first-order valence-electron chi connectivity index (χ1n) is 8.10. The quantitative estimate of drug-likeness (QED) is 0.774. The molecule has 1 saturated heterocycles. The summed E-state index contributed by atoms with van der Waals surface area (Å²) in [6, 6.07) is -0.234. The van der Waals surface area contributed by atoms with Crippen LogP contribution >= 0.6 is 0 Å². The molecule has 0 aromatic carbocycles. The Balaban J connectivity index is 1.58. The average molecular weight is 321 g/mol. The Morgan fingerprint density at radius 2 is 2.30 bits per heavy atom. The molecule has 8 heteroatoms. The normalized spacial score (nSPS) is 26.6. The van der Waals surface area contributed by atoms with Crippen molar-refractivity contribution in [2.75, 3.05) is 13.1 Å². The Morgan fingerprint density at radius 3 is 2.91 bits per heavy atom. The van der Waals surface area contributed by atoms with Crippen molar-refractivity contribution in [3.05, 3.63) is 11.6 Å². The predicted molar refractivity (Wildman–Crippen MR) is 81.7 cm³/mol. The molecule has 3 N–H and O–H groups in total. The van der Waals surface area contributed by atoms with Crippen LogP contribution in [0.3, 0.4) is 0 Å². The number of carboxylic acids is 1. The second-order valence-corrected chi connectivity index (χ2v) is 6.88. The number of rotatable bonds is 4. The van der Waals surface area contributed by atoms with E-state index in [0.29, 0.717) is 25.3 Å². The summed E-state index contributed by atoms with van der Waals surface area (Å²) < 4.78 is 0. The van der Waals surface area contributed by atoms with Gasteiger partial charge in [-0.25, -0.2) is 9.78 Å². The number of fused-ring (bicyclic) bond motifs is 1. The van der Waals surface area contributed by atoms with E-state index in [1.807, 2.05) is 13.8 Å². The van der Waals surface area contributed by atoms with E-state index < -0.39 is 11.4 Å². The van der Waals surface area contributed by atoms with E-state index in [2.05, 4.69) is 20.5 Å². The lowest BCUT2D eigenvalue weighted by atomic mass is 9.81. The predicted octanol–water partition coefficient (Wildman–Crippen LogP) is 1.32. The molecule has 126 valence electrons. The van der Waals surface area contributed by atoms with Gasteiger partial charge in [0.25, 0.3) is 0 Å². The molecule has 3 rings (SSSR count). The Morgan fingerprint density at radius 1 is 1.52 bits per heavy atom. The molecular formula is C15H23N5O3. The fraction of sp³-hybridized carbons (Fsp3) is 0.733. The van der Waals surface area contributed by atoms with Crippen molar-refractivity contribution in [1.82, 2.24) is 25.4 Å². The molecule has 0 bridgehead atoms. The van der Waals surface area contributed by atoms with Crippen LogP contribution in [-0.2, 0) is 11.3 Å². The van der Waals surface area contributed by atoms with Crippen LogP contribution in [0.25, 0.3) is 0 Å². The number of carbonyl (C=O) groups is 2. The summed E-state index contributed by atoms with van der Waals surface area (Å²) in [6.07, 6.45) is 2.48. The standard InChI is InChI=1S/C15H23N5O3/c1-9(2)12-17-11(18-19-12)6-16-14(23)20-7-10-4-3-5-15(10,8-20)13(21)22/h9-10H,3-8H2,1-2H3,(H,16,23)(H,21,22)(H,17,18,19)/t10-,15+/m0/s1. The molecule has 1 aliphatic carbocycles. The minimum absolute atomic E-state index is 0.0728. The SMILES string of the molecule is CC(C)c1n[nH]c(CNC(=O)N2C[C@@H]3CCC[C@@]3(C(=O)O)C2)n1. The molecule has 1 aromatic heterocycles. The van der Waals surface area contributed by atoms with Crippen molar-refractivity contribution in [2.45, 2.75) is 45.6 Å². The molecular weight excluding hydrogens is 298 g/mol. The van der Waals surface area contributed by atoms with Crippen LogP contribution in [0.15, 0.2) is 0 Å². The summed E-state index contributed by atoms with van der Waals surface area (Å²) in [7, 11) is 0. The molecule has 0 spiro atoms. The van der Waals surface area contributed by atoms with E-state index in [4.69, 9.17) is 0 Å². The number of urea groups is 1. The van der Waals surface area contributed by atoms with Gasteiger partial charge in [0.15, 0.2) is 5.82 Å². The van der Waals surface area contributed by atoms with E-state index in [0.717, 1.165) is 18.7 Å². The summed E-state index contributed by atoms with van der Waals surface area (Å²) >= 11 is 0. The van der Waals surface area contributed by atoms with Crippen molar-refractivity contribution >= 4 is 12.0 Å². The lowest BCUT2D eigenvalue weighted by Crippen LogP contribution is -2.41. The lowest BCUT2D eigenvalue weighted by molar-refractivity contribution is -0.149. The van der Waals surface area contributed by atoms with Crippen LogP contribution in [0.1, 0.15) is 50.7 Å². The number of aromatic nitrogens is 3. The molecule has 0 radical (unpaired) electrons. The van der Waals surface area contributed by atoms with Crippen molar-refractivity contribution in [3.8, 4) is 0 Å². The number of carboxylic acid groups (broad SMARTS) is 1. The minimum atomic E-state index is -0.771. The zero-order chi connectivity index (χ0) is 16.6. The van der Waals surface area contributed by atoms with Crippen LogP contribution in [-0.4, -0.2) is 50.3 Å². The molecule has 2 heterocycles. The maximum atomic E-state index is 12.3. The molecule has 2 fully saturated rings. The Bertz CT molecular complexity index is 614. The van der Waals surface area contributed by atoms with Crippen molar-refractivity contribution in [3.63, 3.8) is 0 Å². The van der Waals surface area contributed by atoms with Gasteiger partial charge in [0.1, 0.15) is 5.82 Å². The third kappa shape index (κ3) is 2.77. The molecule has 8 nitrogen and oxygen atoms in total. The maximum Gasteiger partial charge on any atom is 0.317 e. The van der Waals surface area contributed by atoms with E-state index in [9.17, 15) is 14.7 Å². The highest BCUT2D eigenvalue weighted by Crippen LogP contribution is 2.48. The topological polar surface area (TPSA) is 111 Å². The Labute approximate surface area is 134 Å². The summed E-state index contributed by atoms with van der Waals surface area (Å²) in [4.78, 5) is 29.9. The number of H-pyrrole nitrogens is 1. The van der Waals surface area contributed by atoms with Gasteiger partial charge in [0.2, 0.25) is 0 Å². The van der Waals surface area contributed by atoms with Gasteiger partial charge in [-0.15, -0.1) is 0 Å². The number of aliphatic carboxylic acids is 1.